The van der Waals surface area contributed by atoms with Gasteiger partial charge >= 0.3 is 0 Å². The molecule has 0 radical (unpaired) electrons. The third kappa shape index (κ3) is 4.91. The Kier molecular flexibility index (Phi) is 6.04. The van der Waals surface area contributed by atoms with Gasteiger partial charge in [0.15, 0.2) is 0 Å². The van der Waals surface area contributed by atoms with Crippen LogP contribution in [0.5, 0.6) is 0 Å². The van der Waals surface area contributed by atoms with Crippen molar-refractivity contribution < 1.29 is 9.18 Å². The van der Waals surface area contributed by atoms with Crippen molar-refractivity contribution in [2.45, 2.75) is 51.5 Å². The standard InChI is InChI=1S/C19H22ClFN4O/c1-12-10-17(18(26)23-14-8-9-16(21)15(20)11-14)25-19(22-12)24-13-6-4-2-3-5-7-13/h8-11,13H,2-7H2,1H3,(H,23,26)(H,22,24,25). The van der Waals surface area contributed by atoms with Crippen LogP contribution in [-0.4, -0.2) is 21.9 Å². The molecular weight excluding hydrogens is 355 g/mol. The number of hydrogen-bond donors (Lipinski definition) is 2. The quantitative estimate of drug-likeness (QED) is 0.740. The van der Waals surface area contributed by atoms with E-state index in [9.17, 15) is 9.18 Å². The highest BCUT2D eigenvalue weighted by molar-refractivity contribution is 6.31. The van der Waals surface area contributed by atoms with E-state index in [4.69, 9.17) is 11.6 Å². The predicted octanol–water partition coefficient (Wildman–Crippen LogP) is 4.96. The Labute approximate surface area is 157 Å². The van der Waals surface area contributed by atoms with E-state index in [2.05, 4.69) is 20.6 Å². The lowest BCUT2D eigenvalue weighted by molar-refractivity contribution is 0.102. The minimum Gasteiger partial charge on any atom is -0.351 e. The summed E-state index contributed by atoms with van der Waals surface area (Å²) >= 11 is 5.75. The lowest BCUT2D eigenvalue weighted by Crippen LogP contribution is -2.22. The van der Waals surface area contributed by atoms with E-state index in [1.165, 1.54) is 43.9 Å². The zero-order valence-corrected chi connectivity index (χ0v) is 15.4. The van der Waals surface area contributed by atoms with Crippen LogP contribution in [0.25, 0.3) is 0 Å². The normalized spacial score (nSPS) is 15.3. The van der Waals surface area contributed by atoms with Crippen LogP contribution in [0.15, 0.2) is 24.3 Å². The molecular formula is C19H22ClFN4O. The molecule has 0 saturated heterocycles. The van der Waals surface area contributed by atoms with E-state index >= 15 is 0 Å². The second-order valence-electron chi connectivity index (χ2n) is 6.63. The molecule has 2 aromatic rings. The Hall–Kier alpha value is -2.21. The number of rotatable bonds is 4. The van der Waals surface area contributed by atoms with Crippen molar-refractivity contribution in [2.75, 3.05) is 10.6 Å². The second-order valence-corrected chi connectivity index (χ2v) is 7.04. The number of hydrogen-bond acceptors (Lipinski definition) is 4. The van der Waals surface area contributed by atoms with Crippen LogP contribution in [0.1, 0.15) is 54.7 Å². The van der Waals surface area contributed by atoms with Crippen molar-refractivity contribution in [3.63, 3.8) is 0 Å². The molecule has 7 heteroatoms. The number of nitrogens with one attached hydrogen (secondary N) is 2. The number of anilines is 2. The Morgan fingerprint density at radius 3 is 2.58 bits per heavy atom. The molecule has 3 rings (SSSR count). The van der Waals surface area contributed by atoms with Crippen molar-refractivity contribution in [1.29, 1.82) is 0 Å². The van der Waals surface area contributed by atoms with Crippen molar-refractivity contribution in [1.82, 2.24) is 9.97 Å². The molecule has 0 aliphatic heterocycles. The maximum atomic E-state index is 13.2. The van der Waals surface area contributed by atoms with Gasteiger partial charge in [-0.25, -0.2) is 14.4 Å². The molecule has 138 valence electrons. The van der Waals surface area contributed by atoms with Crippen LogP contribution in [0, 0.1) is 12.7 Å². The largest absolute Gasteiger partial charge is 0.351 e. The van der Waals surface area contributed by atoms with Gasteiger partial charge in [-0.1, -0.05) is 37.3 Å². The van der Waals surface area contributed by atoms with E-state index in [1.54, 1.807) is 6.07 Å². The summed E-state index contributed by atoms with van der Waals surface area (Å²) in [5.41, 5.74) is 1.38. The molecule has 1 aliphatic carbocycles. The number of benzene rings is 1. The monoisotopic (exact) mass is 376 g/mol. The van der Waals surface area contributed by atoms with Crippen LogP contribution in [0.4, 0.5) is 16.0 Å². The minimum atomic E-state index is -0.530. The molecule has 1 amide bonds. The second kappa shape index (κ2) is 8.45. The van der Waals surface area contributed by atoms with E-state index in [1.807, 2.05) is 6.92 Å². The summed E-state index contributed by atoms with van der Waals surface area (Å²) in [4.78, 5) is 21.2. The smallest absolute Gasteiger partial charge is 0.274 e. The predicted molar refractivity (Wildman–Crippen MR) is 101 cm³/mol. The SMILES string of the molecule is Cc1cc(C(=O)Nc2ccc(F)c(Cl)c2)nc(NC2CCCCCC2)n1. The maximum absolute atomic E-state index is 13.2. The molecule has 1 aromatic heterocycles. The van der Waals surface area contributed by atoms with Crippen LogP contribution < -0.4 is 10.6 Å². The van der Waals surface area contributed by atoms with E-state index < -0.39 is 5.82 Å². The molecule has 1 aromatic carbocycles. The summed E-state index contributed by atoms with van der Waals surface area (Å²) in [6.45, 7) is 1.82. The molecule has 1 saturated carbocycles. The van der Waals surface area contributed by atoms with Gasteiger partial charge in [-0.15, -0.1) is 0 Å². The number of carbonyl (C=O) groups excluding carboxylic acids is 1. The van der Waals surface area contributed by atoms with Crippen molar-refractivity contribution >= 4 is 29.1 Å². The van der Waals surface area contributed by atoms with E-state index in [0.29, 0.717) is 23.4 Å². The highest BCUT2D eigenvalue weighted by Crippen LogP contribution is 2.21. The average Bonchev–Trinajstić information content (AvgIpc) is 2.86. The molecule has 26 heavy (non-hydrogen) atoms. The first-order chi connectivity index (χ1) is 12.5. The van der Waals surface area contributed by atoms with Gasteiger partial charge in [-0.3, -0.25) is 4.79 Å². The van der Waals surface area contributed by atoms with Crippen LogP contribution >= 0.6 is 11.6 Å². The van der Waals surface area contributed by atoms with Gasteiger partial charge in [0.25, 0.3) is 5.91 Å². The Balaban J connectivity index is 1.73. The summed E-state index contributed by atoms with van der Waals surface area (Å²) < 4.78 is 13.2. The number of aromatic nitrogens is 2. The van der Waals surface area contributed by atoms with Crippen molar-refractivity contribution in [2.24, 2.45) is 0 Å². The van der Waals surface area contributed by atoms with Gasteiger partial charge in [-0.05, 0) is 44.0 Å². The Bertz CT molecular complexity index is 791. The fraction of sp³-hybridized carbons (Fsp3) is 0.421. The van der Waals surface area contributed by atoms with Crippen LogP contribution in [0.2, 0.25) is 5.02 Å². The molecule has 2 N–H and O–H groups in total. The lowest BCUT2D eigenvalue weighted by Gasteiger charge is -2.17. The maximum Gasteiger partial charge on any atom is 0.274 e. The third-order valence-corrected chi connectivity index (χ3v) is 4.74. The average molecular weight is 377 g/mol. The number of nitrogens with zero attached hydrogens (tertiary/aromatic N) is 2. The molecule has 0 spiro atoms. The van der Waals surface area contributed by atoms with Gasteiger partial charge in [0, 0.05) is 17.4 Å². The van der Waals surface area contributed by atoms with Crippen LogP contribution in [0.3, 0.4) is 0 Å². The van der Waals surface area contributed by atoms with Crippen molar-refractivity contribution in [3.8, 4) is 0 Å². The summed E-state index contributed by atoms with van der Waals surface area (Å²) in [5.74, 6) is -0.446. The van der Waals surface area contributed by atoms with Gasteiger partial charge in [0.2, 0.25) is 5.95 Å². The number of aryl methyl sites for hydroxylation is 1. The minimum absolute atomic E-state index is 0.0441. The highest BCUT2D eigenvalue weighted by atomic mass is 35.5. The lowest BCUT2D eigenvalue weighted by atomic mass is 10.1. The Morgan fingerprint density at radius 2 is 1.88 bits per heavy atom. The molecule has 0 unspecified atom stereocenters. The summed E-state index contributed by atoms with van der Waals surface area (Å²) in [5, 5.41) is 6.01. The fourth-order valence-corrected chi connectivity index (χ4v) is 3.31. The fourth-order valence-electron chi connectivity index (χ4n) is 3.12. The molecule has 5 nitrogen and oxygen atoms in total. The van der Waals surface area contributed by atoms with E-state index in [-0.39, 0.29) is 16.6 Å². The van der Waals surface area contributed by atoms with Gasteiger partial charge in [-0.2, -0.15) is 0 Å². The van der Waals surface area contributed by atoms with E-state index in [0.717, 1.165) is 12.8 Å². The zero-order valence-electron chi connectivity index (χ0n) is 14.7. The first-order valence-electron chi connectivity index (χ1n) is 8.90. The highest BCUT2D eigenvalue weighted by Gasteiger charge is 2.16. The molecule has 1 aliphatic rings. The summed E-state index contributed by atoms with van der Waals surface area (Å²) in [6, 6.07) is 6.00. The summed E-state index contributed by atoms with van der Waals surface area (Å²) in [6.07, 6.45) is 7.10. The van der Waals surface area contributed by atoms with Crippen LogP contribution in [-0.2, 0) is 0 Å². The Morgan fingerprint density at radius 1 is 1.15 bits per heavy atom. The molecule has 0 atom stereocenters. The summed E-state index contributed by atoms with van der Waals surface area (Å²) in [7, 11) is 0. The molecule has 1 fully saturated rings. The zero-order chi connectivity index (χ0) is 18.5. The third-order valence-electron chi connectivity index (χ3n) is 4.45. The molecule has 1 heterocycles. The van der Waals surface area contributed by atoms with Gasteiger partial charge in [0.05, 0.1) is 5.02 Å². The first kappa shape index (κ1) is 18.6. The topological polar surface area (TPSA) is 66.9 Å². The first-order valence-corrected chi connectivity index (χ1v) is 9.28. The van der Waals surface area contributed by atoms with Gasteiger partial charge in [0.1, 0.15) is 11.5 Å². The number of amides is 1. The number of halogens is 2. The molecule has 0 bridgehead atoms. The van der Waals surface area contributed by atoms with Gasteiger partial charge < -0.3 is 10.6 Å². The van der Waals surface area contributed by atoms with Crippen molar-refractivity contribution in [3.05, 3.63) is 46.5 Å². The number of carbonyl (C=O) groups is 1.